The Morgan fingerprint density at radius 3 is 2.94 bits per heavy atom. The highest BCUT2D eigenvalue weighted by Gasteiger charge is 2.37. The number of Topliss-reactive ketones (excluding diaryl/α,β-unsaturated/α-hetero) is 1. The summed E-state index contributed by atoms with van der Waals surface area (Å²) in [5.74, 6) is 1.04. The van der Waals surface area contributed by atoms with Crippen LogP contribution in [0.15, 0.2) is 36.7 Å². The highest BCUT2D eigenvalue weighted by molar-refractivity contribution is 6.04. The number of imidazole rings is 1. The molecular formula is C13H12N2O2. The number of hydrogen-bond acceptors (Lipinski definition) is 3. The molecule has 0 aliphatic carbocycles. The third kappa shape index (κ3) is 1.53. The number of ether oxygens (including phenoxy) is 1. The molecule has 4 nitrogen and oxygen atoms in total. The van der Waals surface area contributed by atoms with Gasteiger partial charge in [-0.1, -0.05) is 12.1 Å². The minimum absolute atomic E-state index is 0.0642. The fourth-order valence-electron chi connectivity index (χ4n) is 2.22. The summed E-state index contributed by atoms with van der Waals surface area (Å²) in [6, 6.07) is 7.32. The molecule has 2 aromatic rings. The van der Waals surface area contributed by atoms with Gasteiger partial charge < -0.3 is 9.72 Å². The number of ketones is 1. The van der Waals surface area contributed by atoms with E-state index in [2.05, 4.69) is 9.97 Å². The molecule has 17 heavy (non-hydrogen) atoms. The van der Waals surface area contributed by atoms with Crippen LogP contribution in [-0.4, -0.2) is 21.9 Å². The van der Waals surface area contributed by atoms with E-state index in [0.29, 0.717) is 17.1 Å². The molecule has 0 saturated heterocycles. The Morgan fingerprint density at radius 1 is 1.35 bits per heavy atom. The van der Waals surface area contributed by atoms with Crippen molar-refractivity contribution in [1.29, 1.82) is 0 Å². The Labute approximate surface area is 98.6 Å². The lowest BCUT2D eigenvalue weighted by atomic mass is 9.89. The number of benzene rings is 1. The SMILES string of the molecule is CC1Oc2ccccc2C(=O)C1c1ncc[nH]1. The zero-order valence-corrected chi connectivity index (χ0v) is 9.38. The number of aromatic nitrogens is 2. The molecule has 1 aromatic heterocycles. The van der Waals surface area contributed by atoms with Crippen LogP contribution in [-0.2, 0) is 0 Å². The largest absolute Gasteiger partial charge is 0.489 e. The fraction of sp³-hybridized carbons (Fsp3) is 0.231. The summed E-state index contributed by atoms with van der Waals surface area (Å²) in [7, 11) is 0. The van der Waals surface area contributed by atoms with Gasteiger partial charge in [0.15, 0.2) is 5.78 Å². The van der Waals surface area contributed by atoms with Crippen molar-refractivity contribution in [2.45, 2.75) is 18.9 Å². The van der Waals surface area contributed by atoms with Gasteiger partial charge in [-0.3, -0.25) is 4.79 Å². The summed E-state index contributed by atoms with van der Waals surface area (Å²) in [5, 5.41) is 0. The Kier molecular flexibility index (Phi) is 2.21. The zero-order chi connectivity index (χ0) is 11.8. The van der Waals surface area contributed by atoms with E-state index in [1.807, 2.05) is 25.1 Å². The first-order valence-corrected chi connectivity index (χ1v) is 5.56. The van der Waals surface area contributed by atoms with Crippen LogP contribution in [0.4, 0.5) is 0 Å². The Balaban J connectivity index is 2.07. The maximum absolute atomic E-state index is 12.4. The summed E-state index contributed by atoms with van der Waals surface area (Å²) < 4.78 is 5.76. The topological polar surface area (TPSA) is 55.0 Å². The van der Waals surface area contributed by atoms with Crippen molar-refractivity contribution in [3.63, 3.8) is 0 Å². The monoisotopic (exact) mass is 228 g/mol. The number of H-pyrrole nitrogens is 1. The van der Waals surface area contributed by atoms with Crippen LogP contribution >= 0.6 is 0 Å². The lowest BCUT2D eigenvalue weighted by molar-refractivity contribution is 0.0802. The number of carbonyl (C=O) groups is 1. The number of para-hydroxylation sites is 1. The Hall–Kier alpha value is -2.10. The summed E-state index contributed by atoms with van der Waals surface area (Å²) in [6.07, 6.45) is 3.16. The third-order valence-corrected chi connectivity index (χ3v) is 3.03. The Morgan fingerprint density at radius 2 is 2.18 bits per heavy atom. The van der Waals surface area contributed by atoms with Gasteiger partial charge in [-0.05, 0) is 19.1 Å². The van der Waals surface area contributed by atoms with E-state index in [1.54, 1.807) is 18.5 Å². The second kappa shape index (κ2) is 3.73. The molecule has 3 rings (SSSR count). The van der Waals surface area contributed by atoms with Crippen LogP contribution in [0.5, 0.6) is 5.75 Å². The predicted molar refractivity (Wildman–Crippen MR) is 62.2 cm³/mol. The molecule has 86 valence electrons. The van der Waals surface area contributed by atoms with E-state index in [9.17, 15) is 4.79 Å². The molecule has 0 spiro atoms. The molecular weight excluding hydrogens is 216 g/mol. The number of carbonyl (C=O) groups excluding carboxylic acids is 1. The minimum atomic E-state index is -0.347. The van der Waals surface area contributed by atoms with Gasteiger partial charge >= 0.3 is 0 Å². The molecule has 0 radical (unpaired) electrons. The van der Waals surface area contributed by atoms with Gasteiger partial charge in [0.2, 0.25) is 0 Å². The summed E-state index contributed by atoms with van der Waals surface area (Å²) in [4.78, 5) is 19.5. The van der Waals surface area contributed by atoms with Crippen LogP contribution in [0.1, 0.15) is 29.0 Å². The number of nitrogens with one attached hydrogen (secondary N) is 1. The molecule has 1 N–H and O–H groups in total. The maximum atomic E-state index is 12.4. The second-order valence-electron chi connectivity index (χ2n) is 4.14. The van der Waals surface area contributed by atoms with Crippen molar-refractivity contribution in [2.24, 2.45) is 0 Å². The van der Waals surface area contributed by atoms with Gasteiger partial charge in [-0.25, -0.2) is 4.98 Å². The van der Waals surface area contributed by atoms with Gasteiger partial charge in [0.05, 0.1) is 5.56 Å². The van der Waals surface area contributed by atoms with Gasteiger partial charge in [0.25, 0.3) is 0 Å². The zero-order valence-electron chi connectivity index (χ0n) is 9.38. The van der Waals surface area contributed by atoms with E-state index in [1.165, 1.54) is 0 Å². The lowest BCUT2D eigenvalue weighted by Gasteiger charge is -2.28. The van der Waals surface area contributed by atoms with Crippen LogP contribution < -0.4 is 4.74 Å². The number of nitrogens with zero attached hydrogens (tertiary/aromatic N) is 1. The molecule has 0 bridgehead atoms. The van der Waals surface area contributed by atoms with Gasteiger partial charge in [-0.2, -0.15) is 0 Å². The molecule has 4 heteroatoms. The minimum Gasteiger partial charge on any atom is -0.489 e. The molecule has 2 heterocycles. The van der Waals surface area contributed by atoms with Crippen LogP contribution in [0.2, 0.25) is 0 Å². The van der Waals surface area contributed by atoms with Crippen LogP contribution in [0.3, 0.4) is 0 Å². The molecule has 2 unspecified atom stereocenters. The third-order valence-electron chi connectivity index (χ3n) is 3.03. The first-order valence-electron chi connectivity index (χ1n) is 5.56. The van der Waals surface area contributed by atoms with E-state index in [0.717, 1.165) is 0 Å². The maximum Gasteiger partial charge on any atom is 0.180 e. The normalized spacial score (nSPS) is 23.0. The average Bonchev–Trinajstić information content (AvgIpc) is 2.83. The van der Waals surface area contributed by atoms with E-state index >= 15 is 0 Å². The number of aromatic amines is 1. The standard InChI is InChI=1S/C13H12N2O2/c1-8-11(13-14-6-7-15-13)12(16)9-4-2-3-5-10(9)17-8/h2-8,11H,1H3,(H,14,15). The van der Waals surface area contributed by atoms with Gasteiger partial charge in [0.1, 0.15) is 23.6 Å². The van der Waals surface area contributed by atoms with Gasteiger partial charge in [-0.15, -0.1) is 0 Å². The quantitative estimate of drug-likeness (QED) is 0.813. The van der Waals surface area contributed by atoms with Gasteiger partial charge in [0, 0.05) is 12.4 Å². The van der Waals surface area contributed by atoms with E-state index in [4.69, 9.17) is 4.74 Å². The molecule has 0 amide bonds. The van der Waals surface area contributed by atoms with E-state index in [-0.39, 0.29) is 17.8 Å². The number of rotatable bonds is 1. The molecule has 1 aliphatic heterocycles. The first kappa shape index (κ1) is 10.1. The Bertz CT molecular complexity index is 548. The van der Waals surface area contributed by atoms with Crippen molar-refractivity contribution < 1.29 is 9.53 Å². The molecule has 0 fully saturated rings. The summed E-state index contributed by atoms with van der Waals surface area (Å²) >= 11 is 0. The van der Waals surface area contributed by atoms with Crippen LogP contribution in [0, 0.1) is 0 Å². The first-order chi connectivity index (χ1) is 8.27. The highest BCUT2D eigenvalue weighted by Crippen LogP contribution is 2.34. The van der Waals surface area contributed by atoms with Crippen LogP contribution in [0.25, 0.3) is 0 Å². The van der Waals surface area contributed by atoms with Crippen molar-refractivity contribution in [1.82, 2.24) is 9.97 Å². The molecule has 1 aromatic carbocycles. The average molecular weight is 228 g/mol. The highest BCUT2D eigenvalue weighted by atomic mass is 16.5. The molecule has 2 atom stereocenters. The number of fused-ring (bicyclic) bond motifs is 1. The fourth-order valence-corrected chi connectivity index (χ4v) is 2.22. The smallest absolute Gasteiger partial charge is 0.180 e. The second-order valence-corrected chi connectivity index (χ2v) is 4.14. The van der Waals surface area contributed by atoms with E-state index < -0.39 is 0 Å². The molecule has 1 aliphatic rings. The van der Waals surface area contributed by atoms with Crippen molar-refractivity contribution in [3.8, 4) is 5.75 Å². The van der Waals surface area contributed by atoms with Crippen molar-refractivity contribution in [2.75, 3.05) is 0 Å². The lowest BCUT2D eigenvalue weighted by Crippen LogP contribution is -2.34. The summed E-state index contributed by atoms with van der Waals surface area (Å²) in [6.45, 7) is 1.89. The molecule has 0 saturated carbocycles. The number of hydrogen-bond donors (Lipinski definition) is 1. The summed E-state index contributed by atoms with van der Waals surface area (Å²) in [5.41, 5.74) is 0.631. The predicted octanol–water partition coefficient (Wildman–Crippen LogP) is 2.16. The van der Waals surface area contributed by atoms with Crippen molar-refractivity contribution in [3.05, 3.63) is 48.0 Å². The van der Waals surface area contributed by atoms with Crippen molar-refractivity contribution >= 4 is 5.78 Å².